The second kappa shape index (κ2) is 7.82. The van der Waals surface area contributed by atoms with Gasteiger partial charge in [0, 0.05) is 18.7 Å². The molecule has 2 amide bonds. The Labute approximate surface area is 160 Å². The van der Waals surface area contributed by atoms with E-state index in [1.165, 1.54) is 12.1 Å². The molecular weight excluding hydrogens is 410 g/mol. The van der Waals surface area contributed by atoms with Gasteiger partial charge in [-0.3, -0.25) is 9.59 Å². The predicted octanol–water partition coefficient (Wildman–Crippen LogP) is 2.26. The molecule has 1 aromatic carbocycles. The standard InChI is InChI=1S/C17H16F6N2O4/c18-16(19,20)8-24-6-7-25(9-17(21,22)23)14(27)12-11(13(24)26)28-15(29-12)10-4-2-1-3-5-10/h1-5,11-12,15H,6-9H2/t11-,12-/m1/s1. The van der Waals surface area contributed by atoms with E-state index in [9.17, 15) is 35.9 Å². The minimum atomic E-state index is -4.78. The van der Waals surface area contributed by atoms with Crippen LogP contribution in [0.2, 0.25) is 0 Å². The van der Waals surface area contributed by atoms with E-state index in [0.717, 1.165) is 0 Å². The van der Waals surface area contributed by atoms with Crippen molar-refractivity contribution < 1.29 is 45.4 Å². The van der Waals surface area contributed by atoms with Crippen LogP contribution in [-0.2, 0) is 19.1 Å². The molecule has 2 atom stereocenters. The van der Waals surface area contributed by atoms with Crippen molar-refractivity contribution in [2.75, 3.05) is 26.2 Å². The number of fused-ring (bicyclic) bond motifs is 1. The van der Waals surface area contributed by atoms with Crippen LogP contribution in [0.25, 0.3) is 0 Å². The molecule has 6 nitrogen and oxygen atoms in total. The summed E-state index contributed by atoms with van der Waals surface area (Å²) in [6, 6.07) is 7.91. The molecule has 2 heterocycles. The van der Waals surface area contributed by atoms with Gasteiger partial charge in [0.05, 0.1) is 0 Å². The van der Waals surface area contributed by atoms with Crippen molar-refractivity contribution in [3.63, 3.8) is 0 Å². The fraction of sp³-hybridized carbons (Fsp3) is 0.529. The Bertz CT molecular complexity index is 711. The number of hydrogen-bond donors (Lipinski definition) is 0. The first-order valence-electron chi connectivity index (χ1n) is 8.51. The molecular formula is C17H16F6N2O4. The number of halogens is 6. The average molecular weight is 426 g/mol. The van der Waals surface area contributed by atoms with Crippen molar-refractivity contribution >= 4 is 11.8 Å². The van der Waals surface area contributed by atoms with E-state index in [-0.39, 0.29) is 0 Å². The Balaban J connectivity index is 1.91. The Morgan fingerprint density at radius 1 is 0.793 bits per heavy atom. The lowest BCUT2D eigenvalue weighted by atomic mass is 10.1. The summed E-state index contributed by atoms with van der Waals surface area (Å²) in [5.74, 6) is -2.32. The summed E-state index contributed by atoms with van der Waals surface area (Å²) in [5, 5.41) is 0. The number of ether oxygens (including phenoxy) is 2. The van der Waals surface area contributed by atoms with E-state index >= 15 is 0 Å². The molecule has 12 heteroatoms. The SMILES string of the molecule is O=C1[C@@H]2OC(c3ccccc3)O[C@H]2C(=O)N(CC(F)(F)F)CCN1CC(F)(F)F. The number of alkyl halides is 6. The number of hydrogen-bond acceptors (Lipinski definition) is 4. The van der Waals surface area contributed by atoms with Crippen molar-refractivity contribution in [1.82, 2.24) is 9.80 Å². The lowest BCUT2D eigenvalue weighted by molar-refractivity contribution is -0.178. The molecule has 0 radical (unpaired) electrons. The van der Waals surface area contributed by atoms with Gasteiger partial charge in [0.1, 0.15) is 13.1 Å². The van der Waals surface area contributed by atoms with E-state index in [1.54, 1.807) is 18.2 Å². The van der Waals surface area contributed by atoms with E-state index in [4.69, 9.17) is 9.47 Å². The smallest absolute Gasteiger partial charge is 0.332 e. The molecule has 0 bridgehead atoms. The normalized spacial score (nSPS) is 24.5. The number of carbonyl (C=O) groups excluding carboxylic acids is 2. The molecule has 2 saturated heterocycles. The van der Waals surface area contributed by atoms with E-state index in [0.29, 0.717) is 15.4 Å². The minimum absolute atomic E-state index is 0.338. The molecule has 2 aliphatic heterocycles. The zero-order valence-electron chi connectivity index (χ0n) is 14.7. The van der Waals surface area contributed by atoms with Gasteiger partial charge in [0.25, 0.3) is 11.8 Å². The molecule has 0 aromatic heterocycles. The highest BCUT2D eigenvalue weighted by Crippen LogP contribution is 2.35. The molecule has 160 valence electrons. The molecule has 3 rings (SSSR count). The van der Waals surface area contributed by atoms with Crippen molar-refractivity contribution in [3.8, 4) is 0 Å². The lowest BCUT2D eigenvalue weighted by Crippen LogP contribution is -2.58. The Hall–Kier alpha value is -2.34. The van der Waals surface area contributed by atoms with Crippen LogP contribution in [0.3, 0.4) is 0 Å². The highest BCUT2D eigenvalue weighted by atomic mass is 19.4. The fourth-order valence-electron chi connectivity index (χ4n) is 3.15. The highest BCUT2D eigenvalue weighted by Gasteiger charge is 2.51. The summed E-state index contributed by atoms with van der Waals surface area (Å²) in [5.41, 5.74) is 0.365. The minimum Gasteiger partial charge on any atom is -0.332 e. The summed E-state index contributed by atoms with van der Waals surface area (Å²) in [4.78, 5) is 25.9. The van der Waals surface area contributed by atoms with Crippen LogP contribution >= 0.6 is 0 Å². The molecule has 0 N–H and O–H groups in total. The van der Waals surface area contributed by atoms with Gasteiger partial charge in [0.2, 0.25) is 0 Å². The van der Waals surface area contributed by atoms with Crippen LogP contribution < -0.4 is 0 Å². The molecule has 29 heavy (non-hydrogen) atoms. The van der Waals surface area contributed by atoms with E-state index < -0.39 is 68.8 Å². The second-order valence-corrected chi connectivity index (χ2v) is 6.61. The maximum absolute atomic E-state index is 12.9. The third kappa shape index (κ3) is 5.18. The quantitative estimate of drug-likeness (QED) is 0.696. The van der Waals surface area contributed by atoms with Gasteiger partial charge in [0.15, 0.2) is 18.5 Å². The van der Waals surface area contributed by atoms with Crippen LogP contribution in [0.1, 0.15) is 11.9 Å². The maximum Gasteiger partial charge on any atom is 0.406 e. The van der Waals surface area contributed by atoms with Gasteiger partial charge in [-0.05, 0) is 0 Å². The van der Waals surface area contributed by atoms with Crippen LogP contribution in [-0.4, -0.2) is 72.4 Å². The van der Waals surface area contributed by atoms with Gasteiger partial charge >= 0.3 is 12.4 Å². The Morgan fingerprint density at radius 3 is 1.59 bits per heavy atom. The van der Waals surface area contributed by atoms with Gasteiger partial charge in [-0.2, -0.15) is 26.3 Å². The molecule has 0 saturated carbocycles. The van der Waals surface area contributed by atoms with Gasteiger partial charge in [-0.25, -0.2) is 0 Å². The van der Waals surface area contributed by atoms with Gasteiger partial charge in [-0.1, -0.05) is 30.3 Å². The van der Waals surface area contributed by atoms with Crippen molar-refractivity contribution in [3.05, 3.63) is 35.9 Å². The lowest BCUT2D eigenvalue weighted by Gasteiger charge is -2.35. The molecule has 0 spiro atoms. The topological polar surface area (TPSA) is 59.1 Å². The third-order valence-electron chi connectivity index (χ3n) is 4.38. The first-order chi connectivity index (χ1) is 13.4. The first kappa shape index (κ1) is 21.4. The summed E-state index contributed by atoms with van der Waals surface area (Å²) in [6.45, 7) is -4.80. The maximum atomic E-state index is 12.9. The van der Waals surface area contributed by atoms with Crippen LogP contribution in [0, 0.1) is 0 Å². The van der Waals surface area contributed by atoms with Gasteiger partial charge < -0.3 is 19.3 Å². The number of amides is 2. The first-order valence-corrected chi connectivity index (χ1v) is 8.51. The molecule has 0 unspecified atom stereocenters. The Kier molecular flexibility index (Phi) is 5.77. The summed E-state index contributed by atoms with van der Waals surface area (Å²) in [6.07, 6.45) is -14.4. The van der Waals surface area contributed by atoms with Gasteiger partial charge in [-0.15, -0.1) is 0 Å². The highest BCUT2D eigenvalue weighted by molar-refractivity contribution is 5.92. The summed E-state index contributed by atoms with van der Waals surface area (Å²) < 4.78 is 87.9. The number of benzene rings is 1. The number of carbonyl (C=O) groups is 2. The largest absolute Gasteiger partial charge is 0.406 e. The Morgan fingerprint density at radius 2 is 1.21 bits per heavy atom. The summed E-state index contributed by atoms with van der Waals surface area (Å²) in [7, 11) is 0. The molecule has 2 fully saturated rings. The van der Waals surface area contributed by atoms with Crippen LogP contribution in [0.4, 0.5) is 26.3 Å². The fourth-order valence-corrected chi connectivity index (χ4v) is 3.15. The van der Waals surface area contributed by atoms with Crippen LogP contribution in [0.15, 0.2) is 30.3 Å². The third-order valence-corrected chi connectivity index (χ3v) is 4.38. The zero-order valence-corrected chi connectivity index (χ0v) is 14.7. The monoisotopic (exact) mass is 426 g/mol. The van der Waals surface area contributed by atoms with Crippen LogP contribution in [0.5, 0.6) is 0 Å². The van der Waals surface area contributed by atoms with E-state index in [2.05, 4.69) is 0 Å². The number of rotatable bonds is 3. The second-order valence-electron chi connectivity index (χ2n) is 6.61. The molecule has 2 aliphatic rings. The number of nitrogens with zero attached hydrogens (tertiary/aromatic N) is 2. The van der Waals surface area contributed by atoms with Crippen molar-refractivity contribution in [1.29, 1.82) is 0 Å². The zero-order chi connectivity index (χ0) is 21.4. The average Bonchev–Trinajstić information content (AvgIpc) is 3.06. The summed E-state index contributed by atoms with van der Waals surface area (Å²) >= 11 is 0. The molecule has 1 aromatic rings. The van der Waals surface area contributed by atoms with E-state index in [1.807, 2.05) is 0 Å². The predicted molar refractivity (Wildman–Crippen MR) is 84.2 cm³/mol. The van der Waals surface area contributed by atoms with Crippen molar-refractivity contribution in [2.24, 2.45) is 0 Å². The van der Waals surface area contributed by atoms with Crippen molar-refractivity contribution in [2.45, 2.75) is 30.9 Å². The molecule has 0 aliphatic carbocycles.